The lowest BCUT2D eigenvalue weighted by molar-refractivity contribution is 0.477. The molecule has 0 amide bonds. The van der Waals surface area contributed by atoms with E-state index in [0.717, 1.165) is 33.4 Å². The Bertz CT molecular complexity index is 1910. The number of para-hydroxylation sites is 2. The Balaban J connectivity index is 1.30. The maximum absolute atomic E-state index is 11.0. The van der Waals surface area contributed by atoms with Gasteiger partial charge in [-0.15, -0.1) is 0 Å². The number of hydrogen-bond acceptors (Lipinski definition) is 6. The van der Waals surface area contributed by atoms with Gasteiger partial charge in [-0.3, -0.25) is 0 Å². The van der Waals surface area contributed by atoms with Gasteiger partial charge >= 0.3 is 0 Å². The molecule has 0 fully saturated rings. The molecule has 206 valence electrons. The van der Waals surface area contributed by atoms with Crippen LogP contribution < -0.4 is 9.47 Å². The van der Waals surface area contributed by atoms with Gasteiger partial charge in [0.1, 0.15) is 28.7 Å². The van der Waals surface area contributed by atoms with Crippen LogP contribution in [0.4, 0.5) is 0 Å². The van der Waals surface area contributed by atoms with Crippen molar-refractivity contribution in [3.05, 3.63) is 146 Å². The summed E-state index contributed by atoms with van der Waals surface area (Å²) in [6, 6.07) is 45.9. The molecule has 1 N–H and O–H groups in total. The van der Waals surface area contributed by atoms with Crippen LogP contribution in [0, 0.1) is 0 Å². The van der Waals surface area contributed by atoms with Gasteiger partial charge in [-0.1, -0.05) is 66.7 Å². The molecule has 0 aliphatic heterocycles. The molecule has 0 radical (unpaired) electrons. The zero-order chi connectivity index (χ0) is 29.0. The zero-order valence-electron chi connectivity index (χ0n) is 23.0. The molecule has 1 heterocycles. The normalized spacial score (nSPS) is 10.9. The highest BCUT2D eigenvalue weighted by molar-refractivity contribution is 5.98. The van der Waals surface area contributed by atoms with Crippen LogP contribution in [-0.4, -0.2) is 20.1 Å². The minimum absolute atomic E-state index is 0.0972. The molecule has 1 aromatic heterocycles. The first-order chi connectivity index (χ1) is 21.2. The summed E-state index contributed by atoms with van der Waals surface area (Å²) >= 11 is 0. The van der Waals surface area contributed by atoms with Gasteiger partial charge < -0.3 is 14.6 Å². The first-order valence-electron chi connectivity index (χ1n) is 13.8. The lowest BCUT2D eigenvalue weighted by Crippen LogP contribution is -2.01. The van der Waals surface area contributed by atoms with E-state index < -0.39 is 0 Å². The number of hydrogen-bond donors (Lipinski definition) is 1. The first-order valence-corrected chi connectivity index (χ1v) is 13.8. The summed E-state index contributed by atoms with van der Waals surface area (Å²) in [5.74, 6) is 4.34. The molecule has 0 atom stereocenters. The van der Waals surface area contributed by atoms with Gasteiger partial charge in [0.15, 0.2) is 17.5 Å². The second-order valence-electron chi connectivity index (χ2n) is 9.87. The maximum Gasteiger partial charge on any atom is 0.168 e. The predicted molar refractivity (Wildman–Crippen MR) is 168 cm³/mol. The van der Waals surface area contributed by atoms with E-state index in [1.807, 2.05) is 140 Å². The summed E-state index contributed by atoms with van der Waals surface area (Å²) in [6.07, 6.45) is 0. The molecule has 7 aromatic rings. The standard InChI is InChI=1S/C37H25N3O3/c41-33-24-19-25-9-7-8-14-32(25)34(33)37-39-35(26-15-20-30(21-16-26)42-28-10-3-1-4-11-28)38-36(40-37)27-17-22-31(23-18-27)43-29-12-5-2-6-13-29/h1-24,41H. The molecule has 0 aliphatic rings. The smallest absolute Gasteiger partial charge is 0.168 e. The van der Waals surface area contributed by atoms with Crippen molar-refractivity contribution in [3.63, 3.8) is 0 Å². The molecule has 6 nitrogen and oxygen atoms in total. The van der Waals surface area contributed by atoms with E-state index in [1.54, 1.807) is 6.07 Å². The second-order valence-corrected chi connectivity index (χ2v) is 9.87. The summed E-state index contributed by atoms with van der Waals surface area (Å²) in [5.41, 5.74) is 2.12. The summed E-state index contributed by atoms with van der Waals surface area (Å²) < 4.78 is 11.9. The van der Waals surface area contributed by atoms with Crippen molar-refractivity contribution in [2.75, 3.05) is 0 Å². The molecule has 7 rings (SSSR count). The van der Waals surface area contributed by atoms with Gasteiger partial charge in [0.2, 0.25) is 0 Å². The van der Waals surface area contributed by atoms with Crippen molar-refractivity contribution < 1.29 is 14.6 Å². The predicted octanol–water partition coefficient (Wildman–Crippen LogP) is 9.32. The molecule has 0 bridgehead atoms. The van der Waals surface area contributed by atoms with Crippen LogP contribution in [0.2, 0.25) is 0 Å². The van der Waals surface area contributed by atoms with Crippen molar-refractivity contribution in [1.82, 2.24) is 15.0 Å². The lowest BCUT2D eigenvalue weighted by Gasteiger charge is -2.12. The van der Waals surface area contributed by atoms with Gasteiger partial charge in [-0.05, 0) is 89.6 Å². The van der Waals surface area contributed by atoms with Crippen molar-refractivity contribution in [2.45, 2.75) is 0 Å². The summed E-state index contributed by atoms with van der Waals surface area (Å²) in [4.78, 5) is 14.6. The number of nitrogens with zero attached hydrogens (tertiary/aromatic N) is 3. The van der Waals surface area contributed by atoms with Crippen molar-refractivity contribution in [1.29, 1.82) is 0 Å². The second kappa shape index (κ2) is 11.5. The fraction of sp³-hybridized carbons (Fsp3) is 0. The van der Waals surface area contributed by atoms with Gasteiger partial charge in [0.25, 0.3) is 0 Å². The Kier molecular flexibility index (Phi) is 6.91. The number of phenolic OH excluding ortho intramolecular Hbond substituents is 1. The van der Waals surface area contributed by atoms with E-state index in [0.29, 0.717) is 34.5 Å². The number of rotatable bonds is 7. The fourth-order valence-corrected chi connectivity index (χ4v) is 4.83. The van der Waals surface area contributed by atoms with E-state index in [4.69, 9.17) is 24.4 Å². The number of aromatic hydroxyl groups is 1. The van der Waals surface area contributed by atoms with Gasteiger partial charge in [-0.2, -0.15) is 0 Å². The van der Waals surface area contributed by atoms with E-state index in [-0.39, 0.29) is 5.75 Å². The van der Waals surface area contributed by atoms with E-state index >= 15 is 0 Å². The topological polar surface area (TPSA) is 77.4 Å². The Morgan fingerprint density at radius 3 is 1.37 bits per heavy atom. The zero-order valence-corrected chi connectivity index (χ0v) is 23.0. The number of benzene rings is 6. The van der Waals surface area contributed by atoms with Crippen LogP contribution in [0.3, 0.4) is 0 Å². The third-order valence-electron chi connectivity index (χ3n) is 6.95. The van der Waals surface area contributed by atoms with Crippen molar-refractivity contribution in [3.8, 4) is 62.9 Å². The summed E-state index contributed by atoms with van der Waals surface area (Å²) in [6.45, 7) is 0. The average molecular weight is 560 g/mol. The molecule has 0 spiro atoms. The highest BCUT2D eigenvalue weighted by Crippen LogP contribution is 2.36. The van der Waals surface area contributed by atoms with Crippen LogP contribution in [0.5, 0.6) is 28.7 Å². The van der Waals surface area contributed by atoms with Gasteiger partial charge in [0, 0.05) is 11.1 Å². The average Bonchev–Trinajstić information content (AvgIpc) is 3.06. The number of phenols is 1. The molecule has 0 unspecified atom stereocenters. The van der Waals surface area contributed by atoms with Crippen LogP contribution >= 0.6 is 0 Å². The molecule has 0 saturated carbocycles. The highest BCUT2D eigenvalue weighted by Gasteiger charge is 2.17. The van der Waals surface area contributed by atoms with Crippen LogP contribution in [0.25, 0.3) is 44.9 Å². The van der Waals surface area contributed by atoms with E-state index in [2.05, 4.69) is 0 Å². The van der Waals surface area contributed by atoms with Gasteiger partial charge in [-0.25, -0.2) is 15.0 Å². The maximum atomic E-state index is 11.0. The van der Waals surface area contributed by atoms with Crippen LogP contribution in [-0.2, 0) is 0 Å². The molecular formula is C37H25N3O3. The van der Waals surface area contributed by atoms with Crippen LogP contribution in [0.15, 0.2) is 146 Å². The van der Waals surface area contributed by atoms with Crippen molar-refractivity contribution in [2.24, 2.45) is 0 Å². The fourth-order valence-electron chi connectivity index (χ4n) is 4.83. The molecular weight excluding hydrogens is 534 g/mol. The quantitative estimate of drug-likeness (QED) is 0.210. The third kappa shape index (κ3) is 5.62. The molecule has 6 aromatic carbocycles. The number of ether oxygens (including phenoxy) is 2. The minimum atomic E-state index is 0.0972. The van der Waals surface area contributed by atoms with Gasteiger partial charge in [0.05, 0.1) is 5.56 Å². The number of aromatic nitrogens is 3. The first kappa shape index (κ1) is 25.9. The monoisotopic (exact) mass is 559 g/mol. The van der Waals surface area contributed by atoms with E-state index in [9.17, 15) is 5.11 Å². The minimum Gasteiger partial charge on any atom is -0.507 e. The van der Waals surface area contributed by atoms with Crippen LogP contribution in [0.1, 0.15) is 0 Å². The largest absolute Gasteiger partial charge is 0.507 e. The lowest BCUT2D eigenvalue weighted by atomic mass is 10.0. The summed E-state index contributed by atoms with van der Waals surface area (Å²) in [5, 5.41) is 12.8. The Labute approximate surface area is 248 Å². The number of fused-ring (bicyclic) bond motifs is 1. The Morgan fingerprint density at radius 2 is 0.837 bits per heavy atom. The Hall–Kier alpha value is -6.01. The molecule has 43 heavy (non-hydrogen) atoms. The van der Waals surface area contributed by atoms with E-state index in [1.165, 1.54) is 0 Å². The summed E-state index contributed by atoms with van der Waals surface area (Å²) in [7, 11) is 0. The molecule has 6 heteroatoms. The molecule has 0 saturated heterocycles. The highest BCUT2D eigenvalue weighted by atomic mass is 16.5. The Morgan fingerprint density at radius 1 is 0.395 bits per heavy atom. The SMILES string of the molecule is Oc1ccc2ccccc2c1-c1nc(-c2ccc(Oc3ccccc3)cc2)nc(-c2ccc(Oc3ccccc3)cc2)n1. The molecule has 0 aliphatic carbocycles. The third-order valence-corrected chi connectivity index (χ3v) is 6.95. The van der Waals surface area contributed by atoms with Crippen molar-refractivity contribution >= 4 is 10.8 Å².